The summed E-state index contributed by atoms with van der Waals surface area (Å²) < 4.78 is 0. The van der Waals surface area contributed by atoms with Crippen molar-refractivity contribution < 1.29 is 9.59 Å². The van der Waals surface area contributed by atoms with E-state index in [4.69, 9.17) is 5.73 Å². The average Bonchev–Trinajstić information content (AvgIpc) is 2.78. The van der Waals surface area contributed by atoms with E-state index in [2.05, 4.69) is 11.4 Å². The second kappa shape index (κ2) is 5.85. The number of nitrogens with zero attached hydrogens (tertiary/aromatic N) is 1. The monoisotopic (exact) mass is 287 g/mol. The predicted octanol–water partition coefficient (Wildman–Crippen LogP) is 0.740. The zero-order chi connectivity index (χ0) is 14.8. The highest BCUT2D eigenvalue weighted by Gasteiger charge is 2.31. The zero-order valence-corrected chi connectivity index (χ0v) is 12.0. The molecule has 0 saturated carbocycles. The lowest BCUT2D eigenvalue weighted by Gasteiger charge is -2.27. The van der Waals surface area contributed by atoms with Gasteiger partial charge in [0.15, 0.2) is 0 Å². The van der Waals surface area contributed by atoms with Gasteiger partial charge in [0, 0.05) is 13.0 Å². The van der Waals surface area contributed by atoms with Crippen LogP contribution in [0.5, 0.6) is 0 Å². The topological polar surface area (TPSA) is 75.4 Å². The smallest absolute Gasteiger partial charge is 0.239 e. The number of hydrogen-bond acceptors (Lipinski definition) is 3. The van der Waals surface area contributed by atoms with E-state index in [9.17, 15) is 9.59 Å². The molecular formula is C16H21N3O2. The maximum absolute atomic E-state index is 12.1. The summed E-state index contributed by atoms with van der Waals surface area (Å²) in [6.07, 6.45) is 3.23. The van der Waals surface area contributed by atoms with Gasteiger partial charge in [0.25, 0.3) is 0 Å². The van der Waals surface area contributed by atoms with Gasteiger partial charge in [-0.25, -0.2) is 0 Å². The number of carbonyl (C=O) groups excluding carboxylic acids is 2. The lowest BCUT2D eigenvalue weighted by molar-refractivity contribution is -0.138. The van der Waals surface area contributed by atoms with Gasteiger partial charge in [0.05, 0.1) is 18.6 Å². The number of carbonyl (C=O) groups is 2. The molecule has 0 spiro atoms. The van der Waals surface area contributed by atoms with Crippen molar-refractivity contribution in [3.8, 4) is 0 Å². The molecule has 1 aromatic carbocycles. The first-order valence-electron chi connectivity index (χ1n) is 7.55. The third-order valence-corrected chi connectivity index (χ3v) is 4.39. The van der Waals surface area contributed by atoms with Crippen LogP contribution in [0.1, 0.15) is 36.4 Å². The van der Waals surface area contributed by atoms with Crippen LogP contribution >= 0.6 is 0 Å². The first kappa shape index (κ1) is 14.1. The Hall–Kier alpha value is -1.88. The van der Waals surface area contributed by atoms with E-state index in [1.165, 1.54) is 5.56 Å². The van der Waals surface area contributed by atoms with Gasteiger partial charge in [-0.05, 0) is 30.4 Å². The Bertz CT molecular complexity index is 558. The van der Waals surface area contributed by atoms with Gasteiger partial charge in [-0.2, -0.15) is 0 Å². The van der Waals surface area contributed by atoms with Gasteiger partial charge in [-0.3, -0.25) is 9.59 Å². The largest absolute Gasteiger partial charge is 0.350 e. The quantitative estimate of drug-likeness (QED) is 0.861. The molecule has 5 heteroatoms. The van der Waals surface area contributed by atoms with E-state index in [1.807, 2.05) is 18.2 Å². The summed E-state index contributed by atoms with van der Waals surface area (Å²) in [6.45, 7) is 0.835. The fourth-order valence-electron chi connectivity index (χ4n) is 3.22. The van der Waals surface area contributed by atoms with Crippen LogP contribution < -0.4 is 11.1 Å². The zero-order valence-electron chi connectivity index (χ0n) is 12.0. The summed E-state index contributed by atoms with van der Waals surface area (Å²) in [5, 5.41) is 2.99. The molecule has 1 heterocycles. The van der Waals surface area contributed by atoms with E-state index in [1.54, 1.807) is 4.90 Å². The first-order chi connectivity index (χ1) is 10.1. The third-order valence-electron chi connectivity index (χ3n) is 4.39. The summed E-state index contributed by atoms with van der Waals surface area (Å²) in [4.78, 5) is 25.5. The molecule has 3 N–H and O–H groups in total. The van der Waals surface area contributed by atoms with Gasteiger partial charge in [0.2, 0.25) is 11.8 Å². The number of nitrogens with two attached hydrogens (primary N) is 1. The van der Waals surface area contributed by atoms with E-state index >= 15 is 0 Å². The predicted molar refractivity (Wildman–Crippen MR) is 79.4 cm³/mol. The SMILES string of the molecule is N[C@H]1c2ccccc2C[C@@H]1NC(=O)CN1CCCCC1=O. The van der Waals surface area contributed by atoms with Crippen molar-refractivity contribution in [2.75, 3.05) is 13.1 Å². The molecule has 0 bridgehead atoms. The second-order valence-electron chi connectivity index (χ2n) is 5.88. The average molecular weight is 287 g/mol. The van der Waals surface area contributed by atoms with Crippen LogP contribution in [-0.2, 0) is 16.0 Å². The molecule has 2 atom stereocenters. The number of benzene rings is 1. The number of piperidine rings is 1. The first-order valence-corrected chi connectivity index (χ1v) is 7.55. The molecule has 112 valence electrons. The molecule has 3 rings (SSSR count). The van der Waals surface area contributed by atoms with Crippen molar-refractivity contribution in [2.24, 2.45) is 5.73 Å². The molecule has 2 amide bonds. The number of hydrogen-bond donors (Lipinski definition) is 2. The molecule has 1 fully saturated rings. The van der Waals surface area contributed by atoms with Crippen LogP contribution in [0, 0.1) is 0 Å². The molecule has 21 heavy (non-hydrogen) atoms. The van der Waals surface area contributed by atoms with Crippen molar-refractivity contribution in [2.45, 2.75) is 37.8 Å². The van der Waals surface area contributed by atoms with Crippen LogP contribution in [0.15, 0.2) is 24.3 Å². The summed E-state index contributed by atoms with van der Waals surface area (Å²) >= 11 is 0. The van der Waals surface area contributed by atoms with Crippen molar-refractivity contribution in [1.82, 2.24) is 10.2 Å². The molecule has 1 saturated heterocycles. The Morgan fingerprint density at radius 1 is 1.33 bits per heavy atom. The molecule has 0 unspecified atom stereocenters. The molecule has 1 aromatic rings. The normalized spacial score (nSPS) is 24.8. The van der Waals surface area contributed by atoms with E-state index in [0.29, 0.717) is 13.0 Å². The minimum Gasteiger partial charge on any atom is -0.350 e. The molecule has 2 aliphatic rings. The lowest BCUT2D eigenvalue weighted by atomic mass is 10.1. The maximum Gasteiger partial charge on any atom is 0.239 e. The Morgan fingerprint density at radius 2 is 2.14 bits per heavy atom. The lowest BCUT2D eigenvalue weighted by Crippen LogP contribution is -2.47. The maximum atomic E-state index is 12.1. The molecule has 1 aliphatic heterocycles. The Labute approximate surface area is 124 Å². The highest BCUT2D eigenvalue weighted by molar-refractivity contribution is 5.85. The van der Waals surface area contributed by atoms with E-state index in [0.717, 1.165) is 24.8 Å². The minimum absolute atomic E-state index is 0.0743. The fourth-order valence-corrected chi connectivity index (χ4v) is 3.22. The van der Waals surface area contributed by atoms with Gasteiger partial charge in [-0.15, -0.1) is 0 Å². The highest BCUT2D eigenvalue weighted by Crippen LogP contribution is 2.29. The molecule has 0 aromatic heterocycles. The van der Waals surface area contributed by atoms with Crippen LogP contribution in [0.4, 0.5) is 0 Å². The molecule has 0 radical (unpaired) electrons. The summed E-state index contributed by atoms with van der Waals surface area (Å²) in [6, 6.07) is 7.78. The van der Waals surface area contributed by atoms with Crippen LogP contribution in [-0.4, -0.2) is 35.8 Å². The molecule has 5 nitrogen and oxygen atoms in total. The van der Waals surface area contributed by atoms with Crippen molar-refractivity contribution in [3.63, 3.8) is 0 Å². The van der Waals surface area contributed by atoms with Gasteiger partial charge in [-0.1, -0.05) is 24.3 Å². The minimum atomic E-state index is -0.165. The Kier molecular flexibility index (Phi) is 3.92. The van der Waals surface area contributed by atoms with Gasteiger partial charge in [0.1, 0.15) is 0 Å². The van der Waals surface area contributed by atoms with Crippen molar-refractivity contribution in [3.05, 3.63) is 35.4 Å². The number of likely N-dealkylation sites (tertiary alicyclic amines) is 1. The van der Waals surface area contributed by atoms with Crippen LogP contribution in [0.3, 0.4) is 0 Å². The number of rotatable bonds is 3. The summed E-state index contributed by atoms with van der Waals surface area (Å²) in [7, 11) is 0. The van der Waals surface area contributed by atoms with Crippen molar-refractivity contribution in [1.29, 1.82) is 0 Å². The molecular weight excluding hydrogens is 266 g/mol. The number of nitrogens with one attached hydrogen (secondary N) is 1. The summed E-state index contributed by atoms with van der Waals surface area (Å²) in [5.74, 6) is -0.0334. The number of fused-ring (bicyclic) bond motifs is 1. The number of amides is 2. The third kappa shape index (κ3) is 2.93. The van der Waals surface area contributed by atoms with Crippen molar-refractivity contribution >= 4 is 11.8 Å². The standard InChI is InChI=1S/C16H21N3O2/c17-16-12-6-2-1-5-11(12)9-13(16)18-14(20)10-19-8-4-3-7-15(19)21/h1-2,5-6,13,16H,3-4,7-10,17H2,(H,18,20)/t13-,16-/m0/s1. The van der Waals surface area contributed by atoms with E-state index < -0.39 is 0 Å². The van der Waals surface area contributed by atoms with Crippen LogP contribution in [0.2, 0.25) is 0 Å². The fraction of sp³-hybridized carbons (Fsp3) is 0.500. The van der Waals surface area contributed by atoms with Crippen LogP contribution in [0.25, 0.3) is 0 Å². The summed E-state index contributed by atoms with van der Waals surface area (Å²) in [5.41, 5.74) is 8.51. The van der Waals surface area contributed by atoms with Gasteiger partial charge < -0.3 is 16.0 Å². The Balaban J connectivity index is 1.58. The highest BCUT2D eigenvalue weighted by atomic mass is 16.2. The second-order valence-corrected chi connectivity index (χ2v) is 5.88. The molecule has 1 aliphatic carbocycles. The van der Waals surface area contributed by atoms with E-state index in [-0.39, 0.29) is 30.4 Å². The van der Waals surface area contributed by atoms with Gasteiger partial charge >= 0.3 is 0 Å². The Morgan fingerprint density at radius 3 is 2.90 bits per heavy atom.